The number of hydrogen-bond donors (Lipinski definition) is 0. The maximum Gasteiger partial charge on any atom is 0.313 e. The second-order valence-electron chi connectivity index (χ2n) is 9.68. The van der Waals surface area contributed by atoms with Gasteiger partial charge in [-0.15, -0.1) is 5.06 Å². The van der Waals surface area contributed by atoms with Gasteiger partial charge in [0.15, 0.2) is 0 Å². The summed E-state index contributed by atoms with van der Waals surface area (Å²) in [4.78, 5) is 14.9. The molecule has 2 aliphatic heterocycles. The molecule has 0 aromatic heterocycles. The average molecular weight is 525 g/mol. The van der Waals surface area contributed by atoms with Crippen molar-refractivity contribution in [1.82, 2.24) is 9.96 Å². The molecule has 0 unspecified atom stereocenters. The Morgan fingerprint density at radius 1 is 1.00 bits per heavy atom. The van der Waals surface area contributed by atoms with Crippen LogP contribution in [0, 0.1) is 12.7 Å². The zero-order valence-corrected chi connectivity index (χ0v) is 21.6. The molecule has 1 amide bonds. The Labute approximate surface area is 216 Å². The molecule has 2 atom stereocenters. The van der Waals surface area contributed by atoms with E-state index in [-0.39, 0.29) is 23.2 Å². The van der Waals surface area contributed by atoms with E-state index in [4.69, 9.17) is 9.02 Å². The number of carbonyl (C=O) groups excluding carboxylic acids is 1. The first-order chi connectivity index (χ1) is 17.7. The van der Waals surface area contributed by atoms with Gasteiger partial charge in [0.1, 0.15) is 23.7 Å². The molecule has 0 aliphatic carbocycles. The van der Waals surface area contributed by atoms with Crippen LogP contribution in [0.3, 0.4) is 0 Å². The maximum atomic E-state index is 13.9. The smallest absolute Gasteiger partial charge is 0.313 e. The minimum absolute atomic E-state index is 0.0367. The minimum Gasteiger partial charge on any atom is -0.489 e. The number of rotatable bonds is 7. The second kappa shape index (κ2) is 9.89. The number of hydrogen-bond acceptors (Lipinski definition) is 6. The first-order valence-corrected chi connectivity index (χ1v) is 13.6. The monoisotopic (exact) mass is 524 g/mol. The van der Waals surface area contributed by atoms with Crippen LogP contribution in [0.1, 0.15) is 42.0 Å². The topological polar surface area (TPSA) is 76.2 Å². The van der Waals surface area contributed by atoms with Crippen LogP contribution in [-0.2, 0) is 25.8 Å². The molecule has 1 spiro atoms. The number of amides is 1. The van der Waals surface area contributed by atoms with E-state index in [0.717, 1.165) is 11.1 Å². The van der Waals surface area contributed by atoms with Crippen molar-refractivity contribution in [3.05, 3.63) is 95.3 Å². The van der Waals surface area contributed by atoms with Crippen LogP contribution in [0.2, 0.25) is 0 Å². The lowest BCUT2D eigenvalue weighted by atomic mass is 9.95. The number of likely N-dealkylation sites (N-methyl/N-ethyl adjacent to an activating group) is 1. The molecule has 0 saturated carbocycles. The summed E-state index contributed by atoms with van der Waals surface area (Å²) >= 11 is 0. The second-order valence-corrected chi connectivity index (χ2v) is 11.2. The van der Waals surface area contributed by atoms with E-state index in [1.165, 1.54) is 23.3 Å². The van der Waals surface area contributed by atoms with Gasteiger partial charge < -0.3 is 9.64 Å². The number of hydroxylamine groups is 2. The van der Waals surface area contributed by atoms with E-state index in [2.05, 4.69) is 0 Å². The number of nitrogens with zero attached hydrogens (tertiary/aromatic N) is 2. The fourth-order valence-electron chi connectivity index (χ4n) is 5.10. The van der Waals surface area contributed by atoms with Gasteiger partial charge in [-0.3, -0.25) is 4.79 Å². The molecule has 9 heteroatoms. The van der Waals surface area contributed by atoms with Crippen molar-refractivity contribution < 1.29 is 26.6 Å². The van der Waals surface area contributed by atoms with Crippen LogP contribution in [0.4, 0.5) is 4.39 Å². The molecule has 0 N–H and O–H groups in total. The van der Waals surface area contributed by atoms with Crippen LogP contribution >= 0.6 is 0 Å². The van der Waals surface area contributed by atoms with Crippen LogP contribution in [0.25, 0.3) is 0 Å². The lowest BCUT2D eigenvalue weighted by molar-refractivity contribution is -0.166. The van der Waals surface area contributed by atoms with Gasteiger partial charge in [-0.1, -0.05) is 48.0 Å². The summed E-state index contributed by atoms with van der Waals surface area (Å²) in [6, 6.07) is 19.6. The highest BCUT2D eigenvalue weighted by Gasteiger charge is 2.58. The quantitative estimate of drug-likeness (QED) is 0.443. The Morgan fingerprint density at radius 2 is 1.70 bits per heavy atom. The van der Waals surface area contributed by atoms with Gasteiger partial charge in [0, 0.05) is 19.2 Å². The van der Waals surface area contributed by atoms with Crippen molar-refractivity contribution >= 4 is 16.0 Å². The number of aryl methyl sites for hydroxylation is 1. The van der Waals surface area contributed by atoms with Gasteiger partial charge in [-0.2, -0.15) is 12.7 Å². The molecule has 2 aliphatic rings. The summed E-state index contributed by atoms with van der Waals surface area (Å²) < 4.78 is 52.0. The van der Waals surface area contributed by atoms with Gasteiger partial charge in [0.2, 0.25) is 5.91 Å². The van der Waals surface area contributed by atoms with Crippen molar-refractivity contribution in [3.8, 4) is 5.75 Å². The maximum absolute atomic E-state index is 13.9. The van der Waals surface area contributed by atoms with Crippen molar-refractivity contribution in [2.45, 2.75) is 49.3 Å². The van der Waals surface area contributed by atoms with Gasteiger partial charge in [0.05, 0.1) is 10.9 Å². The normalized spacial score (nSPS) is 22.2. The van der Waals surface area contributed by atoms with E-state index >= 15 is 0 Å². The van der Waals surface area contributed by atoms with Gasteiger partial charge in [-0.05, 0) is 62.1 Å². The summed E-state index contributed by atoms with van der Waals surface area (Å²) in [5.74, 6) is 0.0826. The molecule has 2 saturated heterocycles. The number of ether oxygens (including phenoxy) is 1. The SMILES string of the molecule is Cc1ccc(S(=O)(=O)ON2[C@@H](c3ccc(OCc4ccccc4F)cc3)CC[C@]23CCN(C)C3=O)cc1. The highest BCUT2D eigenvalue weighted by molar-refractivity contribution is 7.86. The summed E-state index contributed by atoms with van der Waals surface area (Å²) in [7, 11) is -2.44. The fourth-order valence-corrected chi connectivity index (χ4v) is 6.11. The van der Waals surface area contributed by atoms with Gasteiger partial charge in [-0.25, -0.2) is 4.39 Å². The van der Waals surface area contributed by atoms with Crippen LogP contribution in [0.15, 0.2) is 77.7 Å². The minimum atomic E-state index is -4.16. The molecule has 2 fully saturated rings. The lowest BCUT2D eigenvalue weighted by Crippen LogP contribution is -2.51. The summed E-state index contributed by atoms with van der Waals surface area (Å²) in [6.45, 7) is 2.49. The highest BCUT2D eigenvalue weighted by atomic mass is 32.2. The molecular weight excluding hydrogens is 495 g/mol. The lowest BCUT2D eigenvalue weighted by Gasteiger charge is -2.34. The largest absolute Gasteiger partial charge is 0.489 e. The third kappa shape index (κ3) is 4.86. The standard InChI is InChI=1S/C28H29FN2O5S/c1-20-7-13-24(14-8-20)37(33,34)36-31-26(15-16-28(31)17-18-30(2)27(28)32)21-9-11-23(12-10-21)35-19-22-5-3-4-6-25(22)29/h3-14,26H,15-19H2,1-2H3/t26-,28-/m1/s1. The van der Waals surface area contributed by atoms with Crippen molar-refractivity contribution in [2.75, 3.05) is 13.6 Å². The van der Waals surface area contributed by atoms with E-state index < -0.39 is 21.7 Å². The first-order valence-electron chi connectivity index (χ1n) is 12.2. The van der Waals surface area contributed by atoms with Gasteiger partial charge >= 0.3 is 10.1 Å². The van der Waals surface area contributed by atoms with E-state index in [1.54, 1.807) is 54.4 Å². The average Bonchev–Trinajstić information content (AvgIpc) is 3.39. The fraction of sp³-hybridized carbons (Fsp3) is 0.321. The number of benzene rings is 3. The molecule has 3 aromatic carbocycles. The van der Waals surface area contributed by atoms with Crippen molar-refractivity contribution in [1.29, 1.82) is 0 Å². The third-order valence-corrected chi connectivity index (χ3v) is 8.45. The molecule has 37 heavy (non-hydrogen) atoms. The van der Waals surface area contributed by atoms with Crippen LogP contribution in [-0.4, -0.2) is 43.4 Å². The summed E-state index contributed by atoms with van der Waals surface area (Å²) in [5.41, 5.74) is 1.14. The molecule has 5 rings (SSSR count). The summed E-state index contributed by atoms with van der Waals surface area (Å²) in [5, 5.41) is 1.41. The molecule has 2 heterocycles. The third-order valence-electron chi connectivity index (χ3n) is 7.25. The van der Waals surface area contributed by atoms with Crippen LogP contribution in [0.5, 0.6) is 5.75 Å². The molecule has 3 aromatic rings. The molecule has 194 valence electrons. The van der Waals surface area contributed by atoms with Gasteiger partial charge in [0.25, 0.3) is 0 Å². The molecule has 7 nitrogen and oxygen atoms in total. The van der Waals surface area contributed by atoms with E-state index in [9.17, 15) is 17.6 Å². The zero-order valence-electron chi connectivity index (χ0n) is 20.8. The molecular formula is C28H29FN2O5S. The van der Waals surface area contributed by atoms with Crippen molar-refractivity contribution in [2.24, 2.45) is 0 Å². The van der Waals surface area contributed by atoms with Crippen molar-refractivity contribution in [3.63, 3.8) is 0 Å². The highest BCUT2D eigenvalue weighted by Crippen LogP contribution is 2.49. The number of halogens is 1. The van der Waals surface area contributed by atoms with Crippen LogP contribution < -0.4 is 4.74 Å². The Hall–Kier alpha value is -3.27. The zero-order chi connectivity index (χ0) is 26.2. The molecule has 0 bridgehead atoms. The number of carbonyl (C=O) groups is 1. The van der Waals surface area contributed by atoms with E-state index in [1.807, 2.05) is 19.1 Å². The van der Waals surface area contributed by atoms with E-state index in [0.29, 0.717) is 37.1 Å². The Bertz CT molecular complexity index is 1390. The summed E-state index contributed by atoms with van der Waals surface area (Å²) in [6.07, 6.45) is 1.51. The predicted molar refractivity (Wildman–Crippen MR) is 135 cm³/mol. The Kier molecular flexibility index (Phi) is 6.78. The first kappa shape index (κ1) is 25.4. The predicted octanol–water partition coefficient (Wildman–Crippen LogP) is 4.77. The molecule has 0 radical (unpaired) electrons. The Morgan fingerprint density at radius 3 is 2.35 bits per heavy atom. The Balaban J connectivity index is 1.40. The number of likely N-dealkylation sites (tertiary alicyclic amines) is 1.